The monoisotopic (exact) mass is 270 g/mol. The Morgan fingerprint density at radius 2 is 1.61 bits per heavy atom. The van der Waals surface area contributed by atoms with Gasteiger partial charge >= 0.3 is 7.12 Å². The molecule has 1 heterocycles. The second-order valence-corrected chi connectivity index (χ2v) is 6.14. The minimum absolute atomic E-state index is 0.380. The van der Waals surface area contributed by atoms with Gasteiger partial charge in [-0.25, -0.2) is 4.39 Å². The Balaban J connectivity index is 2.42. The van der Waals surface area contributed by atoms with Crippen LogP contribution in [-0.4, -0.2) is 18.3 Å². The Bertz CT molecular complexity index is 449. The summed E-state index contributed by atoms with van der Waals surface area (Å²) in [5.41, 5.74) is 0.211. The van der Waals surface area contributed by atoms with Crippen LogP contribution in [0.2, 0.25) is 5.02 Å². The highest BCUT2D eigenvalue weighted by atomic mass is 35.5. The number of aryl methyl sites for hydroxylation is 1. The topological polar surface area (TPSA) is 18.5 Å². The highest BCUT2D eigenvalue weighted by molar-refractivity contribution is 6.62. The van der Waals surface area contributed by atoms with Gasteiger partial charge < -0.3 is 9.31 Å². The molecule has 0 saturated carbocycles. The predicted molar refractivity (Wildman–Crippen MR) is 71.9 cm³/mol. The fraction of sp³-hybridized carbons (Fsp3) is 0.538. The molecular weight excluding hydrogens is 253 g/mol. The first-order chi connectivity index (χ1) is 8.14. The fourth-order valence-corrected chi connectivity index (χ4v) is 2.23. The molecule has 0 unspecified atom stereocenters. The van der Waals surface area contributed by atoms with Crippen LogP contribution >= 0.6 is 11.6 Å². The average Bonchev–Trinajstić information content (AvgIpc) is 2.32. The summed E-state index contributed by atoms with van der Waals surface area (Å²) in [5, 5.41) is 0.380. The van der Waals surface area contributed by atoms with Crippen molar-refractivity contribution in [2.24, 2.45) is 0 Å². The highest BCUT2D eigenvalue weighted by Gasteiger charge is 2.52. The smallest absolute Gasteiger partial charge is 0.399 e. The Kier molecular flexibility index (Phi) is 3.25. The Hall–Kier alpha value is -0.575. The molecule has 0 N–H and O–H groups in total. The van der Waals surface area contributed by atoms with E-state index in [2.05, 4.69) is 0 Å². The first-order valence-electron chi connectivity index (χ1n) is 5.95. The largest absolute Gasteiger partial charge is 0.498 e. The van der Waals surface area contributed by atoms with Crippen molar-refractivity contribution in [3.63, 3.8) is 0 Å². The molecule has 0 aromatic heterocycles. The first-order valence-corrected chi connectivity index (χ1v) is 6.33. The Morgan fingerprint density at radius 3 is 2.06 bits per heavy atom. The van der Waals surface area contributed by atoms with E-state index in [0.717, 1.165) is 5.56 Å². The molecule has 0 spiro atoms. The standard InChI is InChI=1S/C13H17BClFO2/c1-8-6-9(15)7-10(16)11(8)14-17-12(2,3)13(4,5)18-14/h6-7H,1-5H3. The number of benzene rings is 1. The van der Waals surface area contributed by atoms with E-state index in [9.17, 15) is 4.39 Å². The number of hydrogen-bond donors (Lipinski definition) is 0. The molecule has 1 aliphatic heterocycles. The van der Waals surface area contributed by atoms with Gasteiger partial charge in [0.25, 0.3) is 0 Å². The lowest BCUT2D eigenvalue weighted by Gasteiger charge is -2.32. The van der Waals surface area contributed by atoms with E-state index < -0.39 is 24.1 Å². The average molecular weight is 271 g/mol. The zero-order valence-corrected chi connectivity index (χ0v) is 12.1. The molecule has 2 nitrogen and oxygen atoms in total. The van der Waals surface area contributed by atoms with Crippen LogP contribution in [0.3, 0.4) is 0 Å². The lowest BCUT2D eigenvalue weighted by atomic mass is 9.76. The number of rotatable bonds is 1. The molecule has 1 aromatic carbocycles. The summed E-state index contributed by atoms with van der Waals surface area (Å²) in [6.07, 6.45) is 0. The van der Waals surface area contributed by atoms with Crippen molar-refractivity contribution in [1.82, 2.24) is 0 Å². The molecular formula is C13H17BClFO2. The summed E-state index contributed by atoms with van der Waals surface area (Å²) < 4.78 is 25.7. The van der Waals surface area contributed by atoms with Crippen LogP contribution in [0.4, 0.5) is 4.39 Å². The fourth-order valence-electron chi connectivity index (χ4n) is 1.97. The molecule has 5 heteroatoms. The van der Waals surface area contributed by atoms with E-state index in [4.69, 9.17) is 20.9 Å². The van der Waals surface area contributed by atoms with Gasteiger partial charge in [0, 0.05) is 10.5 Å². The van der Waals surface area contributed by atoms with Crippen LogP contribution in [-0.2, 0) is 9.31 Å². The van der Waals surface area contributed by atoms with Crippen molar-refractivity contribution in [3.05, 3.63) is 28.5 Å². The van der Waals surface area contributed by atoms with E-state index >= 15 is 0 Å². The van der Waals surface area contributed by atoms with Gasteiger partial charge in [-0.2, -0.15) is 0 Å². The van der Waals surface area contributed by atoms with Crippen molar-refractivity contribution in [1.29, 1.82) is 0 Å². The number of halogens is 2. The van der Waals surface area contributed by atoms with E-state index in [0.29, 0.717) is 10.5 Å². The van der Waals surface area contributed by atoms with Crippen molar-refractivity contribution in [3.8, 4) is 0 Å². The normalized spacial score (nSPS) is 21.4. The third kappa shape index (κ3) is 2.17. The van der Waals surface area contributed by atoms with Crippen LogP contribution in [0.15, 0.2) is 12.1 Å². The van der Waals surface area contributed by atoms with E-state index in [-0.39, 0.29) is 0 Å². The van der Waals surface area contributed by atoms with E-state index in [1.807, 2.05) is 27.7 Å². The minimum Gasteiger partial charge on any atom is -0.399 e. The Labute approximate surface area is 113 Å². The molecule has 1 fully saturated rings. The quantitative estimate of drug-likeness (QED) is 0.730. The van der Waals surface area contributed by atoms with Crippen LogP contribution in [0.5, 0.6) is 0 Å². The van der Waals surface area contributed by atoms with Gasteiger partial charge in [-0.1, -0.05) is 11.6 Å². The van der Waals surface area contributed by atoms with Crippen LogP contribution < -0.4 is 5.46 Å². The van der Waals surface area contributed by atoms with Crippen molar-refractivity contribution in [2.75, 3.05) is 0 Å². The summed E-state index contributed by atoms with van der Waals surface area (Å²) in [6.45, 7) is 9.56. The Morgan fingerprint density at radius 1 is 1.11 bits per heavy atom. The van der Waals surface area contributed by atoms with Gasteiger partial charge in [0.05, 0.1) is 11.2 Å². The third-order valence-electron chi connectivity index (χ3n) is 3.79. The molecule has 1 aromatic rings. The van der Waals surface area contributed by atoms with E-state index in [1.165, 1.54) is 6.07 Å². The van der Waals surface area contributed by atoms with Crippen LogP contribution in [0, 0.1) is 12.7 Å². The van der Waals surface area contributed by atoms with Crippen molar-refractivity contribution >= 4 is 24.2 Å². The minimum atomic E-state index is -0.688. The van der Waals surface area contributed by atoms with Crippen molar-refractivity contribution in [2.45, 2.75) is 45.8 Å². The number of hydrogen-bond acceptors (Lipinski definition) is 2. The summed E-state index contributed by atoms with van der Waals surface area (Å²) in [7, 11) is -0.688. The van der Waals surface area contributed by atoms with Gasteiger partial charge in [0.15, 0.2) is 0 Å². The molecule has 0 atom stereocenters. The van der Waals surface area contributed by atoms with E-state index in [1.54, 1.807) is 13.0 Å². The summed E-state index contributed by atoms with van der Waals surface area (Å²) >= 11 is 5.82. The van der Waals surface area contributed by atoms with Gasteiger partial charge in [0.2, 0.25) is 0 Å². The zero-order chi connectivity index (χ0) is 13.7. The van der Waals surface area contributed by atoms with Crippen LogP contribution in [0.25, 0.3) is 0 Å². The summed E-state index contributed by atoms with van der Waals surface area (Å²) in [6, 6.07) is 3.00. The second kappa shape index (κ2) is 4.22. The lowest BCUT2D eigenvalue weighted by molar-refractivity contribution is 0.00578. The summed E-state index contributed by atoms with van der Waals surface area (Å²) in [4.78, 5) is 0. The molecule has 0 amide bonds. The molecule has 0 aliphatic carbocycles. The molecule has 1 saturated heterocycles. The van der Waals surface area contributed by atoms with Crippen LogP contribution in [0.1, 0.15) is 33.3 Å². The molecule has 1 aliphatic rings. The second-order valence-electron chi connectivity index (χ2n) is 5.71. The van der Waals surface area contributed by atoms with Gasteiger partial charge in [-0.05, 0) is 52.3 Å². The zero-order valence-electron chi connectivity index (χ0n) is 11.3. The maximum atomic E-state index is 14.0. The van der Waals surface area contributed by atoms with Gasteiger partial charge in [-0.3, -0.25) is 0 Å². The molecule has 0 bridgehead atoms. The maximum absolute atomic E-state index is 14.0. The molecule has 0 radical (unpaired) electrons. The maximum Gasteiger partial charge on any atom is 0.498 e. The predicted octanol–water partition coefficient (Wildman–Crippen LogP) is 3.09. The van der Waals surface area contributed by atoms with Gasteiger partial charge in [-0.15, -0.1) is 0 Å². The van der Waals surface area contributed by atoms with Crippen molar-refractivity contribution < 1.29 is 13.7 Å². The summed E-state index contributed by atoms with van der Waals surface area (Å²) in [5.74, 6) is -0.390. The first kappa shape index (κ1) is 13.8. The van der Waals surface area contributed by atoms with Gasteiger partial charge in [0.1, 0.15) is 5.82 Å². The lowest BCUT2D eigenvalue weighted by Crippen LogP contribution is -2.41. The third-order valence-corrected chi connectivity index (χ3v) is 4.01. The molecule has 98 valence electrons. The SMILES string of the molecule is Cc1cc(Cl)cc(F)c1B1OC(C)(C)C(C)(C)O1. The molecule has 18 heavy (non-hydrogen) atoms. The molecule has 2 rings (SSSR count). The highest BCUT2D eigenvalue weighted by Crippen LogP contribution is 2.37.